The van der Waals surface area contributed by atoms with Crippen molar-refractivity contribution >= 4 is 0 Å². The Labute approximate surface area is 115 Å². The zero-order valence-electron chi connectivity index (χ0n) is 10.6. The molecule has 1 atom stereocenters. The fourth-order valence-corrected chi connectivity index (χ4v) is 2.42. The highest BCUT2D eigenvalue weighted by Crippen LogP contribution is 2.40. The molecule has 0 amide bonds. The molecule has 1 heterocycles. The lowest BCUT2D eigenvalue weighted by Gasteiger charge is -2.26. The molecule has 5 nitrogen and oxygen atoms in total. The van der Waals surface area contributed by atoms with Gasteiger partial charge in [-0.15, -0.1) is 0 Å². The van der Waals surface area contributed by atoms with Gasteiger partial charge in [-0.2, -0.15) is 0 Å². The molecule has 4 N–H and O–H groups in total. The van der Waals surface area contributed by atoms with Crippen molar-refractivity contribution in [3.63, 3.8) is 0 Å². The number of fused-ring (bicyclic) bond motifs is 1. The summed E-state index contributed by atoms with van der Waals surface area (Å²) in [6.45, 7) is 0.404. The number of ether oxygens (including phenoxy) is 1. The summed E-state index contributed by atoms with van der Waals surface area (Å²) >= 11 is 0. The Bertz CT molecular complexity index is 666. The fraction of sp³-hybridized carbons (Fsp3) is 0.200. The van der Waals surface area contributed by atoms with Gasteiger partial charge in [-0.05, 0) is 35.7 Å². The molecule has 0 aromatic heterocycles. The summed E-state index contributed by atoms with van der Waals surface area (Å²) in [5.41, 5.74) is 1.64. The van der Waals surface area contributed by atoms with Crippen molar-refractivity contribution in [2.24, 2.45) is 0 Å². The molecular formula is C15H14O5. The third-order valence-electron chi connectivity index (χ3n) is 3.53. The van der Waals surface area contributed by atoms with Crippen LogP contribution in [0, 0.1) is 0 Å². The Hall–Kier alpha value is -2.56. The van der Waals surface area contributed by atoms with Crippen molar-refractivity contribution in [2.75, 3.05) is 6.61 Å². The lowest BCUT2D eigenvalue weighted by atomic mass is 9.90. The Morgan fingerprint density at radius 2 is 1.55 bits per heavy atom. The third kappa shape index (κ3) is 2.07. The highest BCUT2D eigenvalue weighted by Gasteiger charge is 2.23. The molecule has 1 aliphatic rings. The van der Waals surface area contributed by atoms with Gasteiger partial charge in [0, 0.05) is 12.0 Å². The molecule has 0 unspecified atom stereocenters. The minimum Gasteiger partial charge on any atom is -0.504 e. The number of hydrogen-bond acceptors (Lipinski definition) is 5. The summed E-state index contributed by atoms with van der Waals surface area (Å²) in [6.07, 6.45) is 0.618. The van der Waals surface area contributed by atoms with Crippen molar-refractivity contribution in [1.82, 2.24) is 0 Å². The maximum atomic E-state index is 9.54. The highest BCUT2D eigenvalue weighted by atomic mass is 16.5. The van der Waals surface area contributed by atoms with Crippen LogP contribution in [-0.2, 0) is 6.42 Å². The SMILES string of the molecule is Oc1ccc([C@H]2COc3cc(O)c(O)cc3C2)cc1O. The van der Waals surface area contributed by atoms with Crippen LogP contribution in [0.1, 0.15) is 17.0 Å². The molecule has 1 aliphatic heterocycles. The van der Waals surface area contributed by atoms with Gasteiger partial charge in [0.1, 0.15) is 5.75 Å². The number of benzene rings is 2. The monoisotopic (exact) mass is 274 g/mol. The van der Waals surface area contributed by atoms with Gasteiger partial charge < -0.3 is 25.2 Å². The molecule has 0 fully saturated rings. The summed E-state index contributed by atoms with van der Waals surface area (Å²) in [5, 5.41) is 37.8. The molecule has 104 valence electrons. The minimum absolute atomic E-state index is 0.0120. The summed E-state index contributed by atoms with van der Waals surface area (Å²) in [5.74, 6) is -0.140. The van der Waals surface area contributed by atoms with E-state index in [0.29, 0.717) is 18.8 Å². The first-order valence-corrected chi connectivity index (χ1v) is 6.24. The van der Waals surface area contributed by atoms with Crippen molar-refractivity contribution in [3.8, 4) is 28.7 Å². The van der Waals surface area contributed by atoms with E-state index in [0.717, 1.165) is 11.1 Å². The van der Waals surface area contributed by atoms with E-state index in [9.17, 15) is 20.4 Å². The van der Waals surface area contributed by atoms with Crippen LogP contribution in [0.4, 0.5) is 0 Å². The van der Waals surface area contributed by atoms with E-state index in [1.54, 1.807) is 6.07 Å². The number of rotatable bonds is 1. The molecule has 0 saturated heterocycles. The molecule has 2 aromatic rings. The van der Waals surface area contributed by atoms with Gasteiger partial charge in [0.05, 0.1) is 6.61 Å². The quantitative estimate of drug-likeness (QED) is 0.599. The van der Waals surface area contributed by atoms with Crippen molar-refractivity contribution < 1.29 is 25.2 Å². The Balaban J connectivity index is 1.91. The largest absolute Gasteiger partial charge is 0.504 e. The van der Waals surface area contributed by atoms with E-state index >= 15 is 0 Å². The second kappa shape index (κ2) is 4.52. The smallest absolute Gasteiger partial charge is 0.161 e. The molecule has 3 rings (SSSR count). The number of aromatic hydroxyl groups is 4. The molecule has 0 radical (unpaired) electrons. The van der Waals surface area contributed by atoms with Crippen LogP contribution in [-0.4, -0.2) is 27.0 Å². The summed E-state index contributed by atoms with van der Waals surface area (Å²) < 4.78 is 5.58. The lowest BCUT2D eigenvalue weighted by Crippen LogP contribution is -2.19. The fourth-order valence-electron chi connectivity index (χ4n) is 2.42. The summed E-state index contributed by atoms with van der Waals surface area (Å²) in [4.78, 5) is 0. The van der Waals surface area contributed by atoms with E-state index < -0.39 is 0 Å². The van der Waals surface area contributed by atoms with Crippen molar-refractivity contribution in [3.05, 3.63) is 41.5 Å². The number of phenolic OH excluding ortho intramolecular Hbond substituents is 4. The van der Waals surface area contributed by atoms with Gasteiger partial charge in [-0.3, -0.25) is 0 Å². The Morgan fingerprint density at radius 1 is 0.850 bits per heavy atom. The zero-order chi connectivity index (χ0) is 14.3. The van der Waals surface area contributed by atoms with Crippen LogP contribution in [0.5, 0.6) is 28.7 Å². The van der Waals surface area contributed by atoms with Gasteiger partial charge in [0.2, 0.25) is 0 Å². The topological polar surface area (TPSA) is 90.2 Å². The predicted molar refractivity (Wildman–Crippen MR) is 71.5 cm³/mol. The summed E-state index contributed by atoms with van der Waals surface area (Å²) in [6, 6.07) is 7.56. The molecular weight excluding hydrogens is 260 g/mol. The van der Waals surface area contributed by atoms with Crippen LogP contribution in [0.3, 0.4) is 0 Å². The zero-order valence-corrected chi connectivity index (χ0v) is 10.6. The second-order valence-corrected chi connectivity index (χ2v) is 4.91. The van der Waals surface area contributed by atoms with Gasteiger partial charge in [0.25, 0.3) is 0 Å². The van der Waals surface area contributed by atoms with Gasteiger partial charge in [0.15, 0.2) is 23.0 Å². The first-order valence-electron chi connectivity index (χ1n) is 6.24. The van der Waals surface area contributed by atoms with E-state index in [1.807, 2.05) is 0 Å². The van der Waals surface area contributed by atoms with E-state index in [-0.39, 0.29) is 28.9 Å². The van der Waals surface area contributed by atoms with E-state index in [4.69, 9.17) is 4.74 Å². The van der Waals surface area contributed by atoms with E-state index in [1.165, 1.54) is 24.3 Å². The molecule has 0 saturated carbocycles. The lowest BCUT2D eigenvalue weighted by molar-refractivity contribution is 0.259. The molecule has 0 aliphatic carbocycles. The standard InChI is InChI=1S/C15H14O5/c16-11-2-1-8(4-12(11)17)10-3-9-5-13(18)14(19)6-15(9)20-7-10/h1-2,4-6,10,16-19H,3,7H2/t10-/m1/s1. The molecule has 20 heavy (non-hydrogen) atoms. The highest BCUT2D eigenvalue weighted by molar-refractivity contribution is 5.51. The third-order valence-corrected chi connectivity index (χ3v) is 3.53. The van der Waals surface area contributed by atoms with Gasteiger partial charge in [-0.25, -0.2) is 0 Å². The first-order chi connectivity index (χ1) is 9.54. The normalized spacial score (nSPS) is 17.3. The van der Waals surface area contributed by atoms with Crippen LogP contribution < -0.4 is 4.74 Å². The molecule has 5 heteroatoms. The Kier molecular flexibility index (Phi) is 2.82. The first kappa shape index (κ1) is 12.5. The maximum absolute atomic E-state index is 9.54. The van der Waals surface area contributed by atoms with Crippen LogP contribution in [0.25, 0.3) is 0 Å². The number of phenols is 4. The van der Waals surface area contributed by atoms with Crippen LogP contribution in [0.15, 0.2) is 30.3 Å². The molecule has 0 spiro atoms. The van der Waals surface area contributed by atoms with E-state index in [2.05, 4.69) is 0 Å². The second-order valence-electron chi connectivity index (χ2n) is 4.91. The average molecular weight is 274 g/mol. The predicted octanol–water partition coefficient (Wildman–Crippen LogP) is 2.23. The maximum Gasteiger partial charge on any atom is 0.161 e. The van der Waals surface area contributed by atoms with Crippen molar-refractivity contribution in [2.45, 2.75) is 12.3 Å². The number of hydrogen-bond donors (Lipinski definition) is 4. The van der Waals surface area contributed by atoms with Crippen LogP contribution >= 0.6 is 0 Å². The summed E-state index contributed by atoms with van der Waals surface area (Å²) in [7, 11) is 0. The molecule has 2 aromatic carbocycles. The molecule has 0 bridgehead atoms. The van der Waals surface area contributed by atoms with Crippen molar-refractivity contribution in [1.29, 1.82) is 0 Å². The van der Waals surface area contributed by atoms with Gasteiger partial charge in [-0.1, -0.05) is 6.07 Å². The van der Waals surface area contributed by atoms with Crippen LogP contribution in [0.2, 0.25) is 0 Å². The Morgan fingerprint density at radius 3 is 2.30 bits per heavy atom. The van der Waals surface area contributed by atoms with Gasteiger partial charge >= 0.3 is 0 Å². The average Bonchev–Trinajstić information content (AvgIpc) is 2.43. The minimum atomic E-state index is -0.204.